The number of nitro groups is 1. The van der Waals surface area contributed by atoms with Gasteiger partial charge in [0.2, 0.25) is 0 Å². The summed E-state index contributed by atoms with van der Waals surface area (Å²) in [6.07, 6.45) is 2.13. The van der Waals surface area contributed by atoms with E-state index in [1.165, 1.54) is 6.07 Å². The first-order valence-electron chi connectivity index (χ1n) is 5.68. The van der Waals surface area contributed by atoms with E-state index in [0.29, 0.717) is 6.54 Å². The normalized spacial score (nSPS) is 18.9. The topological polar surface area (TPSA) is 67.2 Å². The highest BCUT2D eigenvalue weighted by molar-refractivity contribution is 9.10. The van der Waals surface area contributed by atoms with Gasteiger partial charge in [-0.2, -0.15) is 0 Å². The maximum atomic E-state index is 13.4. The zero-order valence-electron chi connectivity index (χ0n) is 9.58. The summed E-state index contributed by atoms with van der Waals surface area (Å²) in [5, 5.41) is 17.1. The molecule has 5 nitrogen and oxygen atoms in total. The molecule has 2 N–H and O–H groups in total. The molecule has 7 heteroatoms. The fourth-order valence-electron chi connectivity index (χ4n) is 1.99. The molecule has 1 aromatic carbocycles. The minimum atomic E-state index is -0.519. The number of nitrogens with zero attached hydrogens (tertiary/aromatic N) is 1. The molecule has 0 bridgehead atoms. The highest BCUT2D eigenvalue weighted by atomic mass is 79.9. The lowest BCUT2D eigenvalue weighted by molar-refractivity contribution is -0.384. The largest absolute Gasteiger partial charge is 0.378 e. The molecule has 2 rings (SSSR count). The Morgan fingerprint density at radius 1 is 1.61 bits per heavy atom. The summed E-state index contributed by atoms with van der Waals surface area (Å²) in [5.41, 5.74) is 0.0932. The molecule has 1 atom stereocenters. The van der Waals surface area contributed by atoms with Gasteiger partial charge in [-0.3, -0.25) is 10.1 Å². The molecular formula is C11H13BrFN3O2. The molecule has 18 heavy (non-hydrogen) atoms. The molecule has 1 unspecified atom stereocenters. The van der Waals surface area contributed by atoms with E-state index in [0.717, 1.165) is 25.5 Å². The maximum Gasteiger partial charge on any atom is 0.293 e. The zero-order valence-corrected chi connectivity index (χ0v) is 11.2. The van der Waals surface area contributed by atoms with Crippen LogP contribution in [0.5, 0.6) is 0 Å². The Morgan fingerprint density at radius 2 is 2.39 bits per heavy atom. The predicted octanol–water partition coefficient (Wildman–Crippen LogP) is 2.66. The average molecular weight is 318 g/mol. The predicted molar refractivity (Wildman–Crippen MR) is 70.3 cm³/mol. The van der Waals surface area contributed by atoms with Gasteiger partial charge < -0.3 is 10.6 Å². The quantitative estimate of drug-likeness (QED) is 0.662. The van der Waals surface area contributed by atoms with Gasteiger partial charge in [-0.1, -0.05) is 0 Å². The summed E-state index contributed by atoms with van der Waals surface area (Å²) < 4.78 is 13.5. The van der Waals surface area contributed by atoms with Crippen molar-refractivity contribution >= 4 is 27.3 Å². The number of hydrogen-bond acceptors (Lipinski definition) is 4. The van der Waals surface area contributed by atoms with Gasteiger partial charge in [0, 0.05) is 24.7 Å². The van der Waals surface area contributed by atoms with Gasteiger partial charge in [-0.15, -0.1) is 0 Å². The minimum Gasteiger partial charge on any atom is -0.378 e. The monoisotopic (exact) mass is 317 g/mol. The summed E-state index contributed by atoms with van der Waals surface area (Å²) in [5.74, 6) is -0.512. The standard InChI is InChI=1S/C11H13BrFN3O2/c12-8-4-11(16(17)18)10(5-9(8)13)15-6-7-2-1-3-14-7/h4-5,7,14-15H,1-3,6H2. The molecule has 1 aliphatic heterocycles. The number of nitro benzene ring substituents is 1. The van der Waals surface area contributed by atoms with Crippen molar-refractivity contribution in [1.82, 2.24) is 5.32 Å². The van der Waals surface area contributed by atoms with Crippen molar-refractivity contribution in [3.8, 4) is 0 Å². The first-order valence-corrected chi connectivity index (χ1v) is 6.48. The third-order valence-electron chi connectivity index (χ3n) is 2.94. The zero-order chi connectivity index (χ0) is 13.1. The average Bonchev–Trinajstić information content (AvgIpc) is 2.83. The van der Waals surface area contributed by atoms with E-state index in [4.69, 9.17) is 0 Å². The van der Waals surface area contributed by atoms with Crippen LogP contribution in [0, 0.1) is 15.9 Å². The van der Waals surface area contributed by atoms with Crippen molar-refractivity contribution in [2.45, 2.75) is 18.9 Å². The number of benzene rings is 1. The molecule has 1 fully saturated rings. The van der Waals surface area contributed by atoms with Gasteiger partial charge in [0.25, 0.3) is 5.69 Å². The number of rotatable bonds is 4. The van der Waals surface area contributed by atoms with Crippen molar-refractivity contribution in [2.75, 3.05) is 18.4 Å². The van der Waals surface area contributed by atoms with Gasteiger partial charge in [0.1, 0.15) is 11.5 Å². The smallest absolute Gasteiger partial charge is 0.293 e. The highest BCUT2D eigenvalue weighted by Gasteiger charge is 2.19. The van der Waals surface area contributed by atoms with Crippen LogP contribution in [-0.4, -0.2) is 24.1 Å². The molecule has 1 saturated heterocycles. The minimum absolute atomic E-state index is 0.0961. The molecule has 0 spiro atoms. The lowest BCUT2D eigenvalue weighted by Crippen LogP contribution is -2.29. The van der Waals surface area contributed by atoms with Gasteiger partial charge in [-0.05, 0) is 35.3 Å². The molecule has 0 saturated carbocycles. The first kappa shape index (κ1) is 13.2. The Labute approximate surface area is 112 Å². The van der Waals surface area contributed by atoms with E-state index >= 15 is 0 Å². The summed E-state index contributed by atoms with van der Waals surface area (Å²) in [4.78, 5) is 10.4. The van der Waals surface area contributed by atoms with Crippen LogP contribution in [0.25, 0.3) is 0 Å². The molecule has 1 aliphatic rings. The van der Waals surface area contributed by atoms with Crippen LogP contribution in [0.15, 0.2) is 16.6 Å². The number of anilines is 1. The van der Waals surface area contributed by atoms with Gasteiger partial charge >= 0.3 is 0 Å². The third-order valence-corrected chi connectivity index (χ3v) is 3.54. The second kappa shape index (κ2) is 5.62. The van der Waals surface area contributed by atoms with E-state index in [1.807, 2.05) is 0 Å². The number of nitrogens with one attached hydrogen (secondary N) is 2. The Hall–Kier alpha value is -1.21. The Bertz CT molecular complexity index is 464. The van der Waals surface area contributed by atoms with Crippen LogP contribution in [0.1, 0.15) is 12.8 Å². The summed E-state index contributed by atoms with van der Waals surface area (Å²) in [7, 11) is 0. The fourth-order valence-corrected chi connectivity index (χ4v) is 2.32. The maximum absolute atomic E-state index is 13.4. The lowest BCUT2D eigenvalue weighted by Gasteiger charge is -2.13. The van der Waals surface area contributed by atoms with E-state index in [9.17, 15) is 14.5 Å². The van der Waals surface area contributed by atoms with Crippen LogP contribution in [0.3, 0.4) is 0 Å². The molecule has 0 aromatic heterocycles. The van der Waals surface area contributed by atoms with Crippen LogP contribution in [0.4, 0.5) is 15.8 Å². The summed E-state index contributed by atoms with van der Waals surface area (Å²) >= 11 is 2.95. The number of hydrogen-bond donors (Lipinski definition) is 2. The second-order valence-corrected chi connectivity index (χ2v) is 5.07. The van der Waals surface area contributed by atoms with Crippen LogP contribution in [-0.2, 0) is 0 Å². The Balaban J connectivity index is 2.14. The first-order chi connectivity index (χ1) is 8.58. The molecule has 1 heterocycles. The fraction of sp³-hybridized carbons (Fsp3) is 0.455. The SMILES string of the molecule is O=[N+]([O-])c1cc(Br)c(F)cc1NCC1CCCN1. The van der Waals surface area contributed by atoms with Crippen LogP contribution >= 0.6 is 15.9 Å². The molecular weight excluding hydrogens is 305 g/mol. The van der Waals surface area contributed by atoms with E-state index in [2.05, 4.69) is 26.6 Å². The van der Waals surface area contributed by atoms with Crippen molar-refractivity contribution in [2.24, 2.45) is 0 Å². The lowest BCUT2D eigenvalue weighted by atomic mass is 10.2. The molecule has 0 amide bonds. The van der Waals surface area contributed by atoms with Crippen LogP contribution in [0.2, 0.25) is 0 Å². The van der Waals surface area contributed by atoms with Gasteiger partial charge in [0.15, 0.2) is 0 Å². The highest BCUT2D eigenvalue weighted by Crippen LogP contribution is 2.30. The molecule has 0 aliphatic carbocycles. The molecule has 0 radical (unpaired) electrons. The second-order valence-electron chi connectivity index (χ2n) is 4.21. The summed E-state index contributed by atoms with van der Waals surface area (Å²) in [6, 6.07) is 2.62. The van der Waals surface area contributed by atoms with Gasteiger partial charge in [0.05, 0.1) is 9.40 Å². The van der Waals surface area contributed by atoms with E-state index < -0.39 is 10.7 Å². The van der Waals surface area contributed by atoms with Crippen molar-refractivity contribution in [1.29, 1.82) is 0 Å². The molecule has 98 valence electrons. The van der Waals surface area contributed by atoms with Crippen molar-refractivity contribution in [3.63, 3.8) is 0 Å². The number of halogens is 2. The Morgan fingerprint density at radius 3 is 3.00 bits per heavy atom. The van der Waals surface area contributed by atoms with E-state index in [-0.39, 0.29) is 21.9 Å². The summed E-state index contributed by atoms with van der Waals surface area (Å²) in [6.45, 7) is 1.52. The van der Waals surface area contributed by atoms with Crippen molar-refractivity contribution < 1.29 is 9.31 Å². The van der Waals surface area contributed by atoms with E-state index in [1.54, 1.807) is 0 Å². The van der Waals surface area contributed by atoms with Crippen molar-refractivity contribution in [3.05, 3.63) is 32.5 Å². The van der Waals surface area contributed by atoms with Gasteiger partial charge in [-0.25, -0.2) is 4.39 Å². The Kier molecular flexibility index (Phi) is 4.13. The molecule has 1 aromatic rings. The third kappa shape index (κ3) is 2.97. The van der Waals surface area contributed by atoms with Crippen LogP contribution < -0.4 is 10.6 Å².